The van der Waals surface area contributed by atoms with E-state index in [-0.39, 0.29) is 19.1 Å². The molecule has 0 radical (unpaired) electrons. The third kappa shape index (κ3) is 5.32. The van der Waals surface area contributed by atoms with Crippen LogP contribution >= 0.6 is 11.3 Å². The number of aromatic nitrogens is 1. The molecule has 0 saturated carbocycles. The monoisotopic (exact) mass is 427 g/mol. The smallest absolute Gasteiger partial charge is 0.408 e. The second kappa shape index (κ2) is 9.84. The molecule has 0 unspecified atom stereocenters. The van der Waals surface area contributed by atoms with Crippen molar-refractivity contribution in [3.05, 3.63) is 64.7 Å². The van der Waals surface area contributed by atoms with Crippen LogP contribution in [-0.4, -0.2) is 42.7 Å². The Morgan fingerprint density at radius 1 is 1.17 bits per heavy atom. The van der Waals surface area contributed by atoms with Crippen molar-refractivity contribution in [3.8, 4) is 0 Å². The molecule has 3 rings (SSSR count). The van der Waals surface area contributed by atoms with E-state index in [0.717, 1.165) is 21.3 Å². The van der Waals surface area contributed by atoms with Crippen LogP contribution in [0.15, 0.2) is 48.7 Å². The lowest BCUT2D eigenvalue weighted by Gasteiger charge is -2.17. The van der Waals surface area contributed by atoms with Gasteiger partial charge in [0.1, 0.15) is 12.6 Å². The topological polar surface area (TPSA) is 107 Å². The van der Waals surface area contributed by atoms with E-state index < -0.39 is 18.1 Å². The molecule has 30 heavy (non-hydrogen) atoms. The number of carbonyl (C=O) groups is 3. The highest BCUT2D eigenvalue weighted by molar-refractivity contribution is 7.21. The number of nitrogens with one attached hydrogen (secondary N) is 2. The number of fused-ring (bicyclic) bond motifs is 1. The maximum absolute atomic E-state index is 12.5. The summed E-state index contributed by atoms with van der Waals surface area (Å²) < 4.78 is 10.8. The highest BCUT2D eigenvalue weighted by Crippen LogP contribution is 2.26. The van der Waals surface area contributed by atoms with Crippen LogP contribution in [-0.2, 0) is 20.9 Å². The molecule has 9 heteroatoms. The van der Waals surface area contributed by atoms with Crippen LogP contribution in [0.4, 0.5) is 4.79 Å². The van der Waals surface area contributed by atoms with Gasteiger partial charge >= 0.3 is 12.1 Å². The fourth-order valence-corrected chi connectivity index (χ4v) is 3.70. The fourth-order valence-electron chi connectivity index (χ4n) is 2.70. The summed E-state index contributed by atoms with van der Waals surface area (Å²) in [6, 6.07) is 11.6. The number of hydrogen-bond donors (Lipinski definition) is 2. The lowest BCUT2D eigenvalue weighted by atomic mass is 10.2. The van der Waals surface area contributed by atoms with Crippen molar-refractivity contribution >= 4 is 39.5 Å². The molecule has 0 bridgehead atoms. The zero-order chi connectivity index (χ0) is 21.5. The van der Waals surface area contributed by atoms with Crippen LogP contribution in [0, 0.1) is 6.92 Å². The van der Waals surface area contributed by atoms with Gasteiger partial charge in [0.05, 0.1) is 22.2 Å². The van der Waals surface area contributed by atoms with Crippen molar-refractivity contribution in [2.45, 2.75) is 19.6 Å². The summed E-state index contributed by atoms with van der Waals surface area (Å²) in [6.07, 6.45) is 0.898. The average Bonchev–Trinajstić information content (AvgIpc) is 3.21. The second-order valence-electron chi connectivity index (χ2n) is 6.44. The second-order valence-corrected chi connectivity index (χ2v) is 7.50. The average molecular weight is 427 g/mol. The molecule has 8 nitrogen and oxygen atoms in total. The number of amides is 2. The van der Waals surface area contributed by atoms with Crippen LogP contribution in [0.5, 0.6) is 0 Å². The first-order valence-electron chi connectivity index (χ1n) is 9.16. The summed E-state index contributed by atoms with van der Waals surface area (Å²) in [6.45, 7) is 1.86. The van der Waals surface area contributed by atoms with Gasteiger partial charge in [0.25, 0.3) is 5.91 Å². The van der Waals surface area contributed by atoms with Gasteiger partial charge in [0, 0.05) is 12.7 Å². The molecule has 1 aromatic carbocycles. The lowest BCUT2D eigenvalue weighted by molar-refractivity contribution is -0.142. The molecule has 0 aliphatic rings. The van der Waals surface area contributed by atoms with E-state index in [2.05, 4.69) is 15.6 Å². The van der Waals surface area contributed by atoms with Crippen molar-refractivity contribution in [1.82, 2.24) is 15.6 Å². The summed E-state index contributed by atoms with van der Waals surface area (Å²) >= 11 is 1.31. The first-order valence-corrected chi connectivity index (χ1v) is 9.98. The number of thiophene rings is 1. The van der Waals surface area contributed by atoms with Crippen molar-refractivity contribution in [1.29, 1.82) is 0 Å². The molecular formula is C21H21N3O5S. The maximum Gasteiger partial charge on any atom is 0.408 e. The highest BCUT2D eigenvalue weighted by atomic mass is 32.1. The molecule has 3 aromatic rings. The molecule has 2 aromatic heterocycles. The predicted octanol–water partition coefficient (Wildman–Crippen LogP) is 2.80. The number of nitrogens with zero attached hydrogens (tertiary/aromatic N) is 1. The molecule has 0 saturated heterocycles. The van der Waals surface area contributed by atoms with Gasteiger partial charge in [-0.3, -0.25) is 9.78 Å². The van der Waals surface area contributed by atoms with Gasteiger partial charge < -0.3 is 20.1 Å². The highest BCUT2D eigenvalue weighted by Gasteiger charge is 2.24. The minimum Gasteiger partial charge on any atom is -0.467 e. The molecule has 0 aliphatic carbocycles. The summed E-state index contributed by atoms with van der Waals surface area (Å²) in [5, 5.41) is 5.07. The maximum atomic E-state index is 12.5. The SMILES string of the molecule is COC(=O)[C@@H](CNC(=O)c1cc2nccc(C)c2s1)NC(=O)OCc1ccccc1. The van der Waals surface area contributed by atoms with Crippen LogP contribution in [0.3, 0.4) is 0 Å². The predicted molar refractivity (Wildman–Crippen MR) is 112 cm³/mol. The Balaban J connectivity index is 1.58. The van der Waals surface area contributed by atoms with Gasteiger partial charge in [-0.25, -0.2) is 9.59 Å². The Hall–Kier alpha value is -3.46. The Labute approximate surface area is 177 Å². The third-order valence-corrected chi connectivity index (χ3v) is 5.55. The van der Waals surface area contributed by atoms with Crippen molar-refractivity contribution in [3.63, 3.8) is 0 Å². The number of aryl methyl sites for hydroxylation is 1. The van der Waals surface area contributed by atoms with E-state index in [4.69, 9.17) is 9.47 Å². The van der Waals surface area contributed by atoms with Gasteiger partial charge in [-0.2, -0.15) is 0 Å². The van der Waals surface area contributed by atoms with Crippen molar-refractivity contribution < 1.29 is 23.9 Å². The van der Waals surface area contributed by atoms with Gasteiger partial charge in [0.2, 0.25) is 0 Å². The number of benzene rings is 1. The molecule has 2 N–H and O–H groups in total. The quantitative estimate of drug-likeness (QED) is 0.562. The van der Waals surface area contributed by atoms with Crippen molar-refractivity contribution in [2.75, 3.05) is 13.7 Å². The minimum absolute atomic E-state index is 0.0566. The van der Waals surface area contributed by atoms with E-state index in [1.807, 2.05) is 43.3 Å². The summed E-state index contributed by atoms with van der Waals surface area (Å²) in [5.41, 5.74) is 2.57. The molecule has 0 aliphatic heterocycles. The number of rotatable bonds is 7. The summed E-state index contributed by atoms with van der Waals surface area (Å²) in [5.74, 6) is -1.06. The van der Waals surface area contributed by atoms with E-state index in [0.29, 0.717) is 4.88 Å². The molecular weight excluding hydrogens is 406 g/mol. The Bertz CT molecular complexity index is 1050. The Morgan fingerprint density at radius 2 is 1.93 bits per heavy atom. The number of methoxy groups -OCH3 is 1. The fraction of sp³-hybridized carbons (Fsp3) is 0.238. The molecule has 2 amide bonds. The molecule has 2 heterocycles. The van der Waals surface area contributed by atoms with Crippen LogP contribution < -0.4 is 10.6 Å². The number of hydrogen-bond acceptors (Lipinski definition) is 7. The molecule has 0 fully saturated rings. The third-order valence-electron chi connectivity index (χ3n) is 4.29. The number of pyridine rings is 1. The standard InChI is InChI=1S/C21H21N3O5S/c1-13-8-9-22-15-10-17(30-18(13)15)19(25)23-11-16(20(26)28-2)24-21(27)29-12-14-6-4-3-5-7-14/h3-10,16H,11-12H2,1-2H3,(H,23,25)(H,24,27)/t16-/m1/s1. The first kappa shape index (κ1) is 21.3. The number of ether oxygens (including phenoxy) is 2. The Kier molecular flexibility index (Phi) is 6.97. The zero-order valence-corrected chi connectivity index (χ0v) is 17.3. The molecule has 0 spiro atoms. The normalized spacial score (nSPS) is 11.5. The van der Waals surface area contributed by atoms with Crippen molar-refractivity contribution in [2.24, 2.45) is 0 Å². The lowest BCUT2D eigenvalue weighted by Crippen LogP contribution is -2.49. The zero-order valence-electron chi connectivity index (χ0n) is 16.5. The first-order chi connectivity index (χ1) is 14.5. The molecule has 156 valence electrons. The van der Waals surface area contributed by atoms with Gasteiger partial charge in [-0.15, -0.1) is 11.3 Å². The van der Waals surface area contributed by atoms with E-state index in [9.17, 15) is 14.4 Å². The summed E-state index contributed by atoms with van der Waals surface area (Å²) in [7, 11) is 1.20. The van der Waals surface area contributed by atoms with E-state index in [1.54, 1.807) is 12.3 Å². The van der Waals surface area contributed by atoms with E-state index >= 15 is 0 Å². The summed E-state index contributed by atoms with van der Waals surface area (Å²) in [4.78, 5) is 41.3. The van der Waals surface area contributed by atoms with Crippen LogP contribution in [0.1, 0.15) is 20.8 Å². The van der Waals surface area contributed by atoms with Crippen LogP contribution in [0.25, 0.3) is 10.2 Å². The largest absolute Gasteiger partial charge is 0.467 e. The van der Waals surface area contributed by atoms with Gasteiger partial charge in [-0.1, -0.05) is 30.3 Å². The Morgan fingerprint density at radius 3 is 2.63 bits per heavy atom. The van der Waals surface area contributed by atoms with Gasteiger partial charge in [-0.05, 0) is 30.2 Å². The van der Waals surface area contributed by atoms with Gasteiger partial charge in [0.15, 0.2) is 0 Å². The molecule has 1 atom stereocenters. The number of carbonyl (C=O) groups excluding carboxylic acids is 3. The minimum atomic E-state index is -1.09. The van der Waals surface area contributed by atoms with Crippen LogP contribution in [0.2, 0.25) is 0 Å². The number of esters is 1. The van der Waals surface area contributed by atoms with E-state index in [1.165, 1.54) is 18.4 Å². The number of alkyl carbamates (subject to hydrolysis) is 1.